The third-order valence-electron chi connectivity index (χ3n) is 4.79. The van der Waals surface area contributed by atoms with Gasteiger partial charge in [0, 0.05) is 11.6 Å². The number of benzene rings is 2. The first-order valence-corrected chi connectivity index (χ1v) is 12.1. The molecule has 4 aromatic rings. The summed E-state index contributed by atoms with van der Waals surface area (Å²) in [5, 5.41) is 0. The number of alkyl halides is 3. The molecule has 0 amide bonds. The largest absolute Gasteiger partial charge is 0.741 e. The number of ether oxygens (including phenoxy) is 1. The fourth-order valence-corrected chi connectivity index (χ4v) is 3.22. The lowest BCUT2D eigenvalue weighted by Crippen LogP contribution is -2.42. The molecule has 2 aromatic heterocycles. The lowest BCUT2D eigenvalue weighted by molar-refractivity contribution is -0.591. The van der Waals surface area contributed by atoms with Crippen molar-refractivity contribution in [2.24, 2.45) is 0 Å². The van der Waals surface area contributed by atoms with Gasteiger partial charge in [-0.05, 0) is 29.1 Å². The first kappa shape index (κ1) is 27.4. The van der Waals surface area contributed by atoms with Crippen molar-refractivity contribution in [3.8, 4) is 28.2 Å². The fraction of sp³-hybridized carbons (Fsp3) is 0.120. The predicted molar refractivity (Wildman–Crippen MR) is 126 cm³/mol. The number of halogens is 3. The first-order chi connectivity index (χ1) is 17.5. The lowest BCUT2D eigenvalue weighted by atomic mass is 10.0. The van der Waals surface area contributed by atoms with Crippen LogP contribution in [0.2, 0.25) is 0 Å². The van der Waals surface area contributed by atoms with Crippen molar-refractivity contribution in [2.75, 3.05) is 6.61 Å². The van der Waals surface area contributed by atoms with Crippen molar-refractivity contribution in [2.45, 2.75) is 12.4 Å². The zero-order valence-electron chi connectivity index (χ0n) is 19.3. The Balaban J connectivity index is 0.000000414. The van der Waals surface area contributed by atoms with Crippen LogP contribution in [0.1, 0.15) is 17.4 Å². The molecular weight excluding hydrogens is 511 g/mol. The van der Waals surface area contributed by atoms with E-state index in [2.05, 4.69) is 16.0 Å². The van der Waals surface area contributed by atoms with E-state index in [0.717, 1.165) is 22.4 Å². The fourth-order valence-electron chi connectivity index (χ4n) is 3.22. The van der Waals surface area contributed by atoms with Crippen LogP contribution in [-0.4, -0.2) is 41.0 Å². The monoisotopic (exact) mass is 531 g/mol. The Morgan fingerprint density at radius 3 is 2.00 bits per heavy atom. The number of hydrogen-bond acceptors (Lipinski definition) is 7. The van der Waals surface area contributed by atoms with Crippen LogP contribution in [0.5, 0.6) is 0 Å². The van der Waals surface area contributed by atoms with E-state index >= 15 is 0 Å². The van der Waals surface area contributed by atoms with E-state index in [-0.39, 0.29) is 6.61 Å². The van der Waals surface area contributed by atoms with Crippen molar-refractivity contribution in [1.29, 1.82) is 0 Å². The maximum atomic E-state index is 12.9. The topological polar surface area (TPSA) is 113 Å². The van der Waals surface area contributed by atoms with E-state index in [1.807, 2.05) is 66.7 Å². The van der Waals surface area contributed by atoms with Crippen molar-refractivity contribution in [1.82, 2.24) is 9.97 Å². The molecule has 0 bridgehead atoms. The van der Waals surface area contributed by atoms with Gasteiger partial charge in [-0.2, -0.15) is 17.7 Å². The molecule has 0 atom stereocenters. The van der Waals surface area contributed by atoms with Crippen molar-refractivity contribution in [3.63, 3.8) is 0 Å². The highest BCUT2D eigenvalue weighted by atomic mass is 32.2. The van der Waals surface area contributed by atoms with E-state index in [1.165, 1.54) is 0 Å². The lowest BCUT2D eigenvalue weighted by Gasteiger charge is -2.13. The molecule has 0 fully saturated rings. The molecule has 12 heteroatoms. The summed E-state index contributed by atoms with van der Waals surface area (Å²) in [5.74, 6) is 0.141. The third-order valence-corrected chi connectivity index (χ3v) is 5.36. The normalized spacial score (nSPS) is 11.3. The molecule has 37 heavy (non-hydrogen) atoms. The van der Waals surface area contributed by atoms with Gasteiger partial charge in [0.2, 0.25) is 5.69 Å². The zero-order valence-corrected chi connectivity index (χ0v) is 20.1. The first-order valence-electron chi connectivity index (χ1n) is 10.7. The minimum Gasteiger partial charge on any atom is -0.741 e. The molecule has 0 aliphatic heterocycles. The summed E-state index contributed by atoms with van der Waals surface area (Å²) in [6.07, 6.45) is 4.85. The second-order valence-corrected chi connectivity index (χ2v) is 8.64. The van der Waals surface area contributed by atoms with Gasteiger partial charge in [0.05, 0.1) is 12.8 Å². The molecule has 0 aliphatic carbocycles. The summed E-state index contributed by atoms with van der Waals surface area (Å²) in [5.41, 5.74) is -1.52. The van der Waals surface area contributed by atoms with Gasteiger partial charge < -0.3 is 9.29 Å². The number of pyridine rings is 1. The van der Waals surface area contributed by atoms with Crippen molar-refractivity contribution >= 4 is 16.1 Å². The van der Waals surface area contributed by atoms with Gasteiger partial charge in [-0.3, -0.25) is 4.98 Å². The van der Waals surface area contributed by atoms with Crippen LogP contribution in [0.3, 0.4) is 0 Å². The Bertz CT molecular complexity index is 1450. The molecule has 0 saturated heterocycles. The number of hydrogen-bond donors (Lipinski definition) is 0. The highest BCUT2D eigenvalue weighted by Crippen LogP contribution is 2.26. The molecular formula is C25H20F3N3O5S. The molecule has 0 spiro atoms. The van der Waals surface area contributed by atoms with Gasteiger partial charge >= 0.3 is 17.3 Å². The summed E-state index contributed by atoms with van der Waals surface area (Å²) in [7, 11) is -6.09. The number of aromatic nitrogens is 3. The van der Waals surface area contributed by atoms with Gasteiger partial charge in [0.15, 0.2) is 16.3 Å². The maximum absolute atomic E-state index is 12.9. The second-order valence-electron chi connectivity index (χ2n) is 7.27. The second kappa shape index (κ2) is 11.7. The van der Waals surface area contributed by atoms with Crippen molar-refractivity contribution < 1.29 is 40.2 Å². The number of esters is 1. The van der Waals surface area contributed by atoms with Crippen LogP contribution in [0.4, 0.5) is 13.2 Å². The van der Waals surface area contributed by atoms with Crippen LogP contribution in [-0.2, 0) is 14.9 Å². The highest BCUT2D eigenvalue weighted by molar-refractivity contribution is 7.86. The van der Waals surface area contributed by atoms with Crippen LogP contribution in [0.25, 0.3) is 28.2 Å². The third kappa shape index (κ3) is 6.96. The molecule has 0 saturated carbocycles. The van der Waals surface area contributed by atoms with Crippen LogP contribution < -0.4 is 4.57 Å². The Kier molecular flexibility index (Phi) is 8.69. The maximum Gasteiger partial charge on any atom is 0.485 e. The molecule has 8 nitrogen and oxygen atoms in total. The van der Waals surface area contributed by atoms with E-state index in [0.29, 0.717) is 11.5 Å². The summed E-state index contributed by atoms with van der Waals surface area (Å²) < 4.78 is 66.1. The zero-order chi connectivity index (χ0) is 27.1. The van der Waals surface area contributed by atoms with E-state index in [4.69, 9.17) is 17.7 Å². The minimum atomic E-state index is -6.09. The van der Waals surface area contributed by atoms with E-state index < -0.39 is 21.6 Å². The van der Waals surface area contributed by atoms with Crippen LogP contribution in [0.15, 0.2) is 91.4 Å². The molecule has 2 aromatic carbocycles. The molecule has 192 valence electrons. The average molecular weight is 532 g/mol. The van der Waals surface area contributed by atoms with Gasteiger partial charge in [-0.1, -0.05) is 60.7 Å². The van der Waals surface area contributed by atoms with E-state index in [1.54, 1.807) is 30.1 Å². The summed E-state index contributed by atoms with van der Waals surface area (Å²) >= 11 is 0. The predicted octanol–water partition coefficient (Wildman–Crippen LogP) is 4.32. The Morgan fingerprint density at radius 2 is 1.51 bits per heavy atom. The number of nitrogens with zero attached hydrogens (tertiary/aromatic N) is 3. The molecule has 0 radical (unpaired) electrons. The highest BCUT2D eigenvalue weighted by Gasteiger charge is 2.37. The number of carbonyl (C=O) groups excluding carboxylic acids is 1. The van der Waals surface area contributed by atoms with Gasteiger partial charge in [0.25, 0.3) is 0 Å². The summed E-state index contributed by atoms with van der Waals surface area (Å²) in [6, 6.07) is 23.8. The average Bonchev–Trinajstić information content (AvgIpc) is 2.89. The Morgan fingerprint density at radius 1 is 0.946 bits per heavy atom. The smallest absolute Gasteiger partial charge is 0.485 e. The molecule has 0 N–H and O–H groups in total. The minimum absolute atomic E-state index is 0.287. The molecule has 0 aliphatic rings. The quantitative estimate of drug-likeness (QED) is 0.163. The SMILES string of the molecule is CCOC(=O)c1cc(-c2ccccc2)cc(-c2ccccc2)[n+]1-c1cnccn1.O=S(=O)([O-])C(F)(F)F. The van der Waals surface area contributed by atoms with Gasteiger partial charge in [-0.15, -0.1) is 0 Å². The molecule has 2 heterocycles. The standard InChI is InChI=1S/C24H20N3O2.CHF3O3S/c1-2-29-24(28)22-16-20(18-9-5-3-6-10-18)15-21(19-11-7-4-8-12-19)27(22)23-17-25-13-14-26-23;2-1(3,4)8(5,6)7/h3-17H,2H2,1H3;(H,5,6,7)/q+1;/p-1. The van der Waals surface area contributed by atoms with Crippen LogP contribution in [0, 0.1) is 0 Å². The Hall–Kier alpha value is -4.16. The molecule has 0 unspecified atom stereocenters. The number of rotatable bonds is 5. The van der Waals surface area contributed by atoms with Gasteiger partial charge in [-0.25, -0.2) is 13.2 Å². The van der Waals surface area contributed by atoms with Crippen molar-refractivity contribution in [3.05, 3.63) is 97.1 Å². The molecule has 4 rings (SSSR count). The van der Waals surface area contributed by atoms with Crippen LogP contribution >= 0.6 is 0 Å². The van der Waals surface area contributed by atoms with Gasteiger partial charge in [0.1, 0.15) is 11.9 Å². The summed E-state index contributed by atoms with van der Waals surface area (Å²) in [6.45, 7) is 2.08. The summed E-state index contributed by atoms with van der Waals surface area (Å²) in [4.78, 5) is 21.5. The Labute approximate surface area is 210 Å². The van der Waals surface area contributed by atoms with E-state index in [9.17, 15) is 18.0 Å². The number of carbonyl (C=O) groups is 1.